The molecule has 1 N–H and O–H groups in total. The van der Waals surface area contributed by atoms with E-state index in [2.05, 4.69) is 102 Å². The Morgan fingerprint density at radius 3 is 1.73 bits per heavy atom. The van der Waals surface area contributed by atoms with Crippen molar-refractivity contribution in [1.29, 1.82) is 0 Å². The fourth-order valence-corrected chi connectivity index (χ4v) is 15.8. The largest absolute Gasteiger partial charge is 0.414 e. The molecule has 2 aliphatic carbocycles. The second-order valence-corrected chi connectivity index (χ2v) is 24.3. The Labute approximate surface area is 259 Å². The SMILES string of the molecule is CC[Si](CC)(CC)O[C@@H]1C[C@@H]2C[C@H](O[Si](c3ccccc3)(c3ccccc3)C(C)(C)C)C[C@@H]2[C@H]1[C@@H](O)C(Cl)(Cl)Cl. The van der Waals surface area contributed by atoms with Crippen molar-refractivity contribution >= 4 is 61.8 Å². The van der Waals surface area contributed by atoms with Gasteiger partial charge in [-0.15, -0.1) is 0 Å². The number of fused-ring (bicyclic) bond motifs is 1. The molecule has 40 heavy (non-hydrogen) atoms. The summed E-state index contributed by atoms with van der Waals surface area (Å²) in [4.78, 5) is 0. The summed E-state index contributed by atoms with van der Waals surface area (Å²) < 4.78 is 12.8. The number of halogens is 3. The van der Waals surface area contributed by atoms with Crippen LogP contribution in [0.3, 0.4) is 0 Å². The highest BCUT2D eigenvalue weighted by atomic mass is 35.6. The zero-order valence-electron chi connectivity index (χ0n) is 24.9. The van der Waals surface area contributed by atoms with E-state index in [0.717, 1.165) is 37.4 Å². The van der Waals surface area contributed by atoms with Gasteiger partial charge in [-0.1, -0.05) is 137 Å². The molecule has 2 aromatic rings. The summed E-state index contributed by atoms with van der Waals surface area (Å²) in [6.45, 7) is 13.7. The third-order valence-corrected chi connectivity index (χ3v) is 20.4. The van der Waals surface area contributed by atoms with Crippen molar-refractivity contribution in [2.75, 3.05) is 0 Å². The van der Waals surface area contributed by atoms with Gasteiger partial charge in [0.25, 0.3) is 8.32 Å². The molecular weight excluding hydrogens is 595 g/mol. The Balaban J connectivity index is 1.69. The van der Waals surface area contributed by atoms with E-state index in [1.165, 1.54) is 10.4 Å². The standard InChI is InChI=1S/C32H47Cl3O3Si2/c1-7-39(8-2,9-3)38-28-21-23-20-24(22-27(23)29(28)30(36)32(33,34)35)37-40(31(4,5)6,25-16-12-10-13-17-25)26-18-14-11-15-19-26/h10-19,23-24,27-30,36H,7-9,20-22H2,1-6H3/t23-,24-,27-,28+,29+,30+/m0/s1. The first-order valence-electron chi connectivity index (χ1n) is 15.0. The molecule has 222 valence electrons. The molecule has 0 bridgehead atoms. The highest BCUT2D eigenvalue weighted by molar-refractivity contribution is 6.99. The number of rotatable bonds is 10. The molecule has 6 atom stereocenters. The van der Waals surface area contributed by atoms with Crippen molar-refractivity contribution in [1.82, 2.24) is 0 Å². The Kier molecular flexibility index (Phi) is 10.3. The van der Waals surface area contributed by atoms with E-state index in [1.807, 2.05) is 0 Å². The summed E-state index contributed by atoms with van der Waals surface area (Å²) in [7, 11) is -4.60. The molecule has 2 aliphatic rings. The Hall–Kier alpha value is -0.376. The Bertz CT molecular complexity index is 1040. The molecule has 0 saturated heterocycles. The van der Waals surface area contributed by atoms with E-state index >= 15 is 0 Å². The van der Waals surface area contributed by atoms with Crippen molar-refractivity contribution in [2.24, 2.45) is 17.8 Å². The summed E-state index contributed by atoms with van der Waals surface area (Å²) in [6.07, 6.45) is 1.58. The zero-order valence-corrected chi connectivity index (χ0v) is 29.1. The van der Waals surface area contributed by atoms with Crippen molar-refractivity contribution < 1.29 is 14.0 Å². The molecule has 0 heterocycles. The lowest BCUT2D eigenvalue weighted by molar-refractivity contribution is 0.0154. The van der Waals surface area contributed by atoms with E-state index < -0.39 is 26.5 Å². The van der Waals surface area contributed by atoms with Crippen molar-refractivity contribution in [3.05, 3.63) is 60.7 Å². The van der Waals surface area contributed by atoms with Gasteiger partial charge in [-0.25, -0.2) is 0 Å². The van der Waals surface area contributed by atoms with E-state index in [-0.39, 0.29) is 29.1 Å². The lowest BCUT2D eigenvalue weighted by atomic mass is 9.87. The van der Waals surface area contributed by atoms with Gasteiger partial charge in [-0.2, -0.15) is 0 Å². The number of aliphatic hydroxyl groups excluding tert-OH is 1. The minimum Gasteiger partial charge on any atom is -0.414 e. The van der Waals surface area contributed by atoms with Crippen LogP contribution in [0.1, 0.15) is 60.8 Å². The lowest BCUT2D eigenvalue weighted by Crippen LogP contribution is -2.67. The van der Waals surface area contributed by atoms with Gasteiger partial charge in [0.05, 0.1) is 6.10 Å². The van der Waals surface area contributed by atoms with Crippen molar-refractivity contribution in [2.45, 2.75) is 106 Å². The summed E-state index contributed by atoms with van der Waals surface area (Å²) >= 11 is 19.1. The topological polar surface area (TPSA) is 38.7 Å². The third kappa shape index (κ3) is 6.28. The molecule has 0 aromatic heterocycles. The summed E-state index contributed by atoms with van der Waals surface area (Å²) in [5.41, 5.74) is 0. The van der Waals surface area contributed by atoms with Crippen LogP contribution in [0.15, 0.2) is 60.7 Å². The zero-order chi connectivity index (χ0) is 29.3. The summed E-state index contributed by atoms with van der Waals surface area (Å²) in [6, 6.07) is 24.8. The average Bonchev–Trinajstić information content (AvgIpc) is 3.46. The maximum atomic E-state index is 11.4. The van der Waals surface area contributed by atoms with Gasteiger partial charge in [-0.3, -0.25) is 0 Å². The number of hydrogen-bond acceptors (Lipinski definition) is 3. The lowest BCUT2D eigenvalue weighted by Gasteiger charge is -2.45. The minimum absolute atomic E-state index is 0.0675. The van der Waals surface area contributed by atoms with Crippen LogP contribution in [-0.2, 0) is 8.85 Å². The molecule has 2 aromatic carbocycles. The first kappa shape index (κ1) is 32.5. The highest BCUT2D eigenvalue weighted by Crippen LogP contribution is 2.55. The van der Waals surface area contributed by atoms with E-state index in [9.17, 15) is 5.11 Å². The van der Waals surface area contributed by atoms with E-state index in [1.54, 1.807) is 0 Å². The first-order chi connectivity index (χ1) is 18.8. The molecule has 0 radical (unpaired) electrons. The van der Waals surface area contributed by atoms with Crippen molar-refractivity contribution in [3.8, 4) is 0 Å². The van der Waals surface area contributed by atoms with E-state index in [0.29, 0.717) is 5.92 Å². The summed E-state index contributed by atoms with van der Waals surface area (Å²) in [5, 5.41) is 13.9. The fourth-order valence-electron chi connectivity index (χ4n) is 7.72. The molecular formula is C32H47Cl3O3Si2. The first-order valence-corrected chi connectivity index (χ1v) is 20.6. The Morgan fingerprint density at radius 2 is 1.30 bits per heavy atom. The van der Waals surface area contributed by atoms with Gasteiger partial charge in [-0.05, 0) is 64.6 Å². The molecule has 3 nitrogen and oxygen atoms in total. The smallest absolute Gasteiger partial charge is 0.261 e. The van der Waals surface area contributed by atoms with Gasteiger partial charge >= 0.3 is 0 Å². The van der Waals surface area contributed by atoms with Crippen LogP contribution in [0.5, 0.6) is 0 Å². The highest BCUT2D eigenvalue weighted by Gasteiger charge is 2.59. The molecule has 0 aliphatic heterocycles. The molecule has 2 fully saturated rings. The van der Waals surface area contributed by atoms with Crippen LogP contribution in [0.25, 0.3) is 0 Å². The number of aliphatic hydroxyl groups is 1. The second kappa shape index (κ2) is 12.7. The van der Waals surface area contributed by atoms with Gasteiger partial charge in [0.1, 0.15) is 6.10 Å². The molecule has 4 rings (SSSR count). The van der Waals surface area contributed by atoms with E-state index in [4.69, 9.17) is 43.7 Å². The number of alkyl halides is 3. The number of benzene rings is 2. The molecule has 2 saturated carbocycles. The van der Waals surface area contributed by atoms with Crippen LogP contribution in [0.4, 0.5) is 0 Å². The summed E-state index contributed by atoms with van der Waals surface area (Å²) in [5.74, 6) is 0.343. The minimum atomic E-state index is -2.69. The normalized spacial score (nSPS) is 26.6. The Morgan fingerprint density at radius 1 is 0.800 bits per heavy atom. The predicted molar refractivity (Wildman–Crippen MR) is 175 cm³/mol. The van der Waals surface area contributed by atoms with Crippen LogP contribution in [0.2, 0.25) is 23.2 Å². The second-order valence-electron chi connectivity index (χ2n) is 13.0. The molecule has 0 unspecified atom stereocenters. The van der Waals surface area contributed by atoms with Crippen LogP contribution in [-0.4, -0.2) is 43.8 Å². The third-order valence-electron chi connectivity index (χ3n) is 9.96. The predicted octanol–water partition coefficient (Wildman–Crippen LogP) is 8.10. The number of hydrogen-bond donors (Lipinski definition) is 1. The monoisotopic (exact) mass is 640 g/mol. The van der Waals surface area contributed by atoms with Crippen LogP contribution >= 0.6 is 34.8 Å². The van der Waals surface area contributed by atoms with Crippen molar-refractivity contribution in [3.63, 3.8) is 0 Å². The van der Waals surface area contributed by atoms with Gasteiger partial charge in [0.15, 0.2) is 8.32 Å². The van der Waals surface area contributed by atoms with Gasteiger partial charge in [0.2, 0.25) is 3.79 Å². The molecule has 0 spiro atoms. The molecule has 0 amide bonds. The fraction of sp³-hybridized carbons (Fsp3) is 0.625. The van der Waals surface area contributed by atoms with Gasteiger partial charge in [0, 0.05) is 12.0 Å². The maximum Gasteiger partial charge on any atom is 0.261 e. The quantitative estimate of drug-likeness (QED) is 0.210. The van der Waals surface area contributed by atoms with Crippen LogP contribution in [0, 0.1) is 17.8 Å². The van der Waals surface area contributed by atoms with Crippen LogP contribution < -0.4 is 10.4 Å². The maximum absolute atomic E-state index is 11.4. The average molecular weight is 642 g/mol. The van der Waals surface area contributed by atoms with Gasteiger partial charge < -0.3 is 14.0 Å². The molecule has 8 heteroatoms.